The highest BCUT2D eigenvalue weighted by Crippen LogP contribution is 2.23. The maximum Gasteiger partial charge on any atom is 0.246 e. The van der Waals surface area contributed by atoms with Crippen LogP contribution in [0.3, 0.4) is 0 Å². The summed E-state index contributed by atoms with van der Waals surface area (Å²) in [6.45, 7) is 0.0223. The van der Waals surface area contributed by atoms with E-state index >= 15 is 0 Å². The first-order valence-corrected chi connectivity index (χ1v) is 7.78. The van der Waals surface area contributed by atoms with Gasteiger partial charge in [0, 0.05) is 18.2 Å². The zero-order valence-electron chi connectivity index (χ0n) is 13.2. The zero-order chi connectivity index (χ0) is 17.8. The highest BCUT2D eigenvalue weighted by Gasteiger charge is 2.27. The van der Waals surface area contributed by atoms with E-state index in [1.54, 1.807) is 12.1 Å². The van der Waals surface area contributed by atoms with Gasteiger partial charge in [0.25, 0.3) is 0 Å². The summed E-state index contributed by atoms with van der Waals surface area (Å²) >= 11 is 0. The Kier molecular flexibility index (Phi) is 4.92. The lowest BCUT2D eigenvalue weighted by Crippen LogP contribution is -2.37. The number of halogens is 2. The highest BCUT2D eigenvalue weighted by molar-refractivity contribution is 5.99. The van der Waals surface area contributed by atoms with Crippen molar-refractivity contribution in [2.45, 2.75) is 25.5 Å². The third-order valence-electron chi connectivity index (χ3n) is 3.79. The summed E-state index contributed by atoms with van der Waals surface area (Å²) in [6.07, 6.45) is 0.723. The number of benzene rings is 2. The molecule has 7 heteroatoms. The molecule has 0 aliphatic carbocycles. The number of carbonyl (C=O) groups excluding carboxylic acids is 2. The molecule has 0 spiro atoms. The summed E-state index contributed by atoms with van der Waals surface area (Å²) in [7, 11) is 0. The van der Waals surface area contributed by atoms with Crippen molar-refractivity contribution in [1.29, 1.82) is 0 Å². The molecule has 2 N–H and O–H groups in total. The van der Waals surface area contributed by atoms with E-state index < -0.39 is 23.6 Å². The average molecular weight is 346 g/mol. The highest BCUT2D eigenvalue weighted by atomic mass is 19.1. The quantitative estimate of drug-likeness (QED) is 0.875. The molecule has 1 aliphatic rings. The third-order valence-corrected chi connectivity index (χ3v) is 3.79. The number of carbonyl (C=O) groups is 2. The Morgan fingerprint density at radius 3 is 2.76 bits per heavy atom. The first kappa shape index (κ1) is 16.9. The maximum atomic E-state index is 14.1. The Hall–Kier alpha value is -2.96. The van der Waals surface area contributed by atoms with E-state index in [0.717, 1.165) is 6.07 Å². The second kappa shape index (κ2) is 7.29. The lowest BCUT2D eigenvalue weighted by atomic mass is 10.2. The van der Waals surface area contributed by atoms with Crippen molar-refractivity contribution in [2.24, 2.45) is 0 Å². The molecule has 0 radical (unpaired) electrons. The number of hydrogen-bond acceptors (Lipinski definition) is 3. The van der Waals surface area contributed by atoms with Gasteiger partial charge >= 0.3 is 0 Å². The van der Waals surface area contributed by atoms with E-state index in [1.807, 2.05) is 0 Å². The summed E-state index contributed by atoms with van der Waals surface area (Å²) in [5.41, 5.74) is 0.843. The molecule has 2 amide bonds. The standard InChI is InChI=1S/C18H16F2N2O3/c19-12-3-1-2-11(8-12)10-25-16-6-4-13(9-14(16)20)21-18(24)15-5-7-17(23)22-15/h1-4,6,8-9,15H,5,7,10H2,(H,21,24)(H,22,23). The summed E-state index contributed by atoms with van der Waals surface area (Å²) < 4.78 is 32.5. The van der Waals surface area contributed by atoms with Gasteiger partial charge in [-0.05, 0) is 36.2 Å². The van der Waals surface area contributed by atoms with Crippen LogP contribution >= 0.6 is 0 Å². The molecule has 1 saturated heterocycles. The fraction of sp³-hybridized carbons (Fsp3) is 0.222. The van der Waals surface area contributed by atoms with Crippen molar-refractivity contribution in [3.05, 3.63) is 59.7 Å². The SMILES string of the molecule is O=C1CCC(C(=O)Nc2ccc(OCc3cccc(F)c3)c(F)c2)N1. The van der Waals surface area contributed by atoms with Crippen LogP contribution in [-0.4, -0.2) is 17.9 Å². The van der Waals surface area contributed by atoms with Crippen LogP contribution in [0.4, 0.5) is 14.5 Å². The number of amides is 2. The molecule has 0 aromatic heterocycles. The van der Waals surface area contributed by atoms with Crippen molar-refractivity contribution in [3.63, 3.8) is 0 Å². The van der Waals surface area contributed by atoms with Crippen molar-refractivity contribution in [3.8, 4) is 5.75 Å². The lowest BCUT2D eigenvalue weighted by Gasteiger charge is -2.12. The van der Waals surface area contributed by atoms with Crippen LogP contribution in [0, 0.1) is 11.6 Å². The third kappa shape index (κ3) is 4.32. The minimum absolute atomic E-state index is 0.00331. The fourth-order valence-electron chi connectivity index (χ4n) is 2.52. The van der Waals surface area contributed by atoms with Gasteiger partial charge in [-0.3, -0.25) is 9.59 Å². The van der Waals surface area contributed by atoms with Gasteiger partial charge in [0.1, 0.15) is 18.5 Å². The van der Waals surface area contributed by atoms with Crippen molar-refractivity contribution < 1.29 is 23.1 Å². The van der Waals surface area contributed by atoms with Crippen LogP contribution in [0.25, 0.3) is 0 Å². The number of rotatable bonds is 5. The molecule has 5 nitrogen and oxygen atoms in total. The number of anilines is 1. The fourth-order valence-corrected chi connectivity index (χ4v) is 2.52. The predicted octanol–water partition coefficient (Wildman–Crippen LogP) is 2.76. The van der Waals surface area contributed by atoms with Gasteiger partial charge in [0.15, 0.2) is 11.6 Å². The Bertz CT molecular complexity index is 811. The molecular weight excluding hydrogens is 330 g/mol. The van der Waals surface area contributed by atoms with E-state index in [2.05, 4.69) is 10.6 Å². The number of nitrogens with one attached hydrogen (secondary N) is 2. The lowest BCUT2D eigenvalue weighted by molar-refractivity contribution is -0.122. The Morgan fingerprint density at radius 1 is 1.24 bits per heavy atom. The van der Waals surface area contributed by atoms with Crippen molar-refractivity contribution in [1.82, 2.24) is 5.32 Å². The van der Waals surface area contributed by atoms with Gasteiger partial charge in [0.05, 0.1) is 0 Å². The van der Waals surface area contributed by atoms with Crippen LogP contribution in [0.1, 0.15) is 18.4 Å². The summed E-state index contributed by atoms with van der Waals surface area (Å²) in [5.74, 6) is -1.61. The zero-order valence-corrected chi connectivity index (χ0v) is 13.2. The maximum absolute atomic E-state index is 14.1. The molecule has 130 valence electrons. The van der Waals surface area contributed by atoms with Gasteiger partial charge in [-0.25, -0.2) is 8.78 Å². The van der Waals surface area contributed by atoms with Crippen LogP contribution in [0.2, 0.25) is 0 Å². The summed E-state index contributed by atoms with van der Waals surface area (Å²) in [5, 5.41) is 5.10. The van der Waals surface area contributed by atoms with E-state index in [-0.39, 0.29) is 24.0 Å². The molecule has 1 atom stereocenters. The average Bonchev–Trinajstić information content (AvgIpc) is 3.01. The first-order valence-electron chi connectivity index (χ1n) is 7.78. The normalized spacial score (nSPS) is 16.4. The van der Waals surface area contributed by atoms with Gasteiger partial charge < -0.3 is 15.4 Å². The van der Waals surface area contributed by atoms with E-state index in [9.17, 15) is 18.4 Å². The molecule has 1 aliphatic heterocycles. The van der Waals surface area contributed by atoms with Crippen LogP contribution in [0.5, 0.6) is 5.75 Å². The van der Waals surface area contributed by atoms with Crippen molar-refractivity contribution >= 4 is 17.5 Å². The number of hydrogen-bond donors (Lipinski definition) is 2. The Balaban J connectivity index is 1.60. The molecule has 0 saturated carbocycles. The van der Waals surface area contributed by atoms with Gasteiger partial charge in [-0.1, -0.05) is 12.1 Å². The summed E-state index contributed by atoms with van der Waals surface area (Å²) in [6, 6.07) is 9.26. The molecule has 1 heterocycles. The van der Waals surface area contributed by atoms with E-state index in [0.29, 0.717) is 18.4 Å². The monoisotopic (exact) mass is 346 g/mol. The van der Waals surface area contributed by atoms with E-state index in [1.165, 1.54) is 24.3 Å². The second-order valence-corrected chi connectivity index (χ2v) is 5.71. The molecule has 1 unspecified atom stereocenters. The smallest absolute Gasteiger partial charge is 0.246 e. The topological polar surface area (TPSA) is 67.4 Å². The molecule has 2 aromatic carbocycles. The molecular formula is C18H16F2N2O3. The van der Waals surface area contributed by atoms with Crippen LogP contribution in [0.15, 0.2) is 42.5 Å². The molecule has 2 aromatic rings. The first-order chi connectivity index (χ1) is 12.0. The van der Waals surface area contributed by atoms with E-state index in [4.69, 9.17) is 4.74 Å². The minimum Gasteiger partial charge on any atom is -0.486 e. The minimum atomic E-state index is -0.648. The van der Waals surface area contributed by atoms with Crippen molar-refractivity contribution in [2.75, 3.05) is 5.32 Å². The second-order valence-electron chi connectivity index (χ2n) is 5.71. The molecule has 1 fully saturated rings. The Labute approximate surface area is 143 Å². The van der Waals surface area contributed by atoms with Crippen LogP contribution in [-0.2, 0) is 16.2 Å². The van der Waals surface area contributed by atoms with Gasteiger partial charge in [-0.15, -0.1) is 0 Å². The predicted molar refractivity (Wildman–Crippen MR) is 86.9 cm³/mol. The van der Waals surface area contributed by atoms with Crippen LogP contribution < -0.4 is 15.4 Å². The molecule has 3 rings (SSSR count). The molecule has 0 bridgehead atoms. The van der Waals surface area contributed by atoms with Gasteiger partial charge in [-0.2, -0.15) is 0 Å². The largest absolute Gasteiger partial charge is 0.486 e. The van der Waals surface area contributed by atoms with Gasteiger partial charge in [0.2, 0.25) is 11.8 Å². The molecule has 25 heavy (non-hydrogen) atoms. The summed E-state index contributed by atoms with van der Waals surface area (Å²) in [4.78, 5) is 23.1. The number of ether oxygens (including phenoxy) is 1. The Morgan fingerprint density at radius 2 is 2.08 bits per heavy atom.